The third-order valence-electron chi connectivity index (χ3n) is 4.20. The molecule has 0 atom stereocenters. The summed E-state index contributed by atoms with van der Waals surface area (Å²) in [5.41, 5.74) is 4.25. The number of rotatable bonds is 1. The lowest BCUT2D eigenvalue weighted by atomic mass is 9.89. The number of benzene rings is 1. The summed E-state index contributed by atoms with van der Waals surface area (Å²) < 4.78 is 13.9. The Kier molecular flexibility index (Phi) is 2.76. The fraction of sp³-hybridized carbons (Fsp3) is 0.176. The molecule has 22 heavy (non-hydrogen) atoms. The van der Waals surface area contributed by atoms with Crippen LogP contribution < -0.4 is 0 Å². The Bertz CT molecular complexity index is 933. The average molecular weight is 295 g/mol. The highest BCUT2D eigenvalue weighted by molar-refractivity contribution is 6.19. The van der Waals surface area contributed by atoms with Crippen LogP contribution in [0.1, 0.15) is 33.9 Å². The molecule has 110 valence electrons. The number of aryl methyl sites for hydroxylation is 2. The van der Waals surface area contributed by atoms with Gasteiger partial charge in [0.1, 0.15) is 5.82 Å². The number of nitrogens with one attached hydrogen (secondary N) is 2. The maximum atomic E-state index is 13.9. The second-order valence-electron chi connectivity index (χ2n) is 5.55. The summed E-state index contributed by atoms with van der Waals surface area (Å²) in [5.74, 6) is -0.367. The van der Waals surface area contributed by atoms with Crippen LogP contribution in [0.4, 0.5) is 4.39 Å². The molecule has 2 N–H and O–H groups in total. The third kappa shape index (κ3) is 1.82. The Balaban J connectivity index is 1.87. The number of Topliss-reactive ketones (excluding diaryl/α,β-unsaturated/α-hetero) is 1. The second-order valence-corrected chi connectivity index (χ2v) is 5.55. The van der Waals surface area contributed by atoms with E-state index < -0.39 is 0 Å². The van der Waals surface area contributed by atoms with Crippen LogP contribution in [0.3, 0.4) is 0 Å². The minimum absolute atomic E-state index is 0.0412. The summed E-state index contributed by atoms with van der Waals surface area (Å²) in [7, 11) is 0. The Labute approximate surface area is 126 Å². The van der Waals surface area contributed by atoms with Crippen molar-refractivity contribution in [2.75, 3.05) is 0 Å². The van der Waals surface area contributed by atoms with Crippen molar-refractivity contribution in [3.8, 4) is 0 Å². The van der Waals surface area contributed by atoms with E-state index in [1.807, 2.05) is 13.0 Å². The van der Waals surface area contributed by atoms with Gasteiger partial charge in [-0.2, -0.15) is 0 Å². The van der Waals surface area contributed by atoms with Gasteiger partial charge in [-0.05, 0) is 31.9 Å². The van der Waals surface area contributed by atoms with E-state index in [0.717, 1.165) is 17.1 Å². The van der Waals surface area contributed by atoms with E-state index in [4.69, 9.17) is 0 Å². The monoisotopic (exact) mass is 295 g/mol. The first kappa shape index (κ1) is 13.0. The summed E-state index contributed by atoms with van der Waals surface area (Å²) in [5, 5.41) is 0.657. The molecule has 1 aliphatic rings. The lowest BCUT2D eigenvalue weighted by molar-refractivity contribution is 0.102. The highest BCUT2D eigenvalue weighted by Crippen LogP contribution is 2.33. The SMILES string of the molecule is Cc1[nH]cnc1C=C1CCc2[nH]c3c(F)cccc3c2C1=O. The van der Waals surface area contributed by atoms with Crippen molar-refractivity contribution in [3.05, 3.63) is 58.6 Å². The third-order valence-corrected chi connectivity index (χ3v) is 4.20. The lowest BCUT2D eigenvalue weighted by Gasteiger charge is -2.14. The fourth-order valence-corrected chi connectivity index (χ4v) is 3.03. The number of hydrogen-bond acceptors (Lipinski definition) is 2. The molecule has 2 aromatic heterocycles. The van der Waals surface area contributed by atoms with Crippen molar-refractivity contribution in [2.24, 2.45) is 0 Å². The molecule has 0 unspecified atom stereocenters. The molecule has 0 saturated heterocycles. The smallest absolute Gasteiger partial charge is 0.191 e. The van der Waals surface area contributed by atoms with Crippen molar-refractivity contribution in [1.29, 1.82) is 0 Å². The molecule has 1 aliphatic carbocycles. The van der Waals surface area contributed by atoms with Gasteiger partial charge in [-0.25, -0.2) is 9.37 Å². The zero-order valence-corrected chi connectivity index (χ0v) is 12.0. The average Bonchev–Trinajstić information content (AvgIpc) is 3.07. The Morgan fingerprint density at radius 2 is 2.18 bits per heavy atom. The predicted octanol–water partition coefficient (Wildman–Crippen LogP) is 3.55. The van der Waals surface area contributed by atoms with Gasteiger partial charge < -0.3 is 9.97 Å². The van der Waals surface area contributed by atoms with Gasteiger partial charge in [-0.3, -0.25) is 4.79 Å². The molecule has 1 aromatic carbocycles. The van der Waals surface area contributed by atoms with E-state index in [0.29, 0.717) is 34.9 Å². The first-order chi connectivity index (χ1) is 10.6. The second kappa shape index (κ2) is 4.66. The zero-order valence-electron chi connectivity index (χ0n) is 12.0. The maximum absolute atomic E-state index is 13.9. The van der Waals surface area contributed by atoms with Crippen molar-refractivity contribution < 1.29 is 9.18 Å². The highest BCUT2D eigenvalue weighted by atomic mass is 19.1. The molecular weight excluding hydrogens is 281 g/mol. The minimum Gasteiger partial charge on any atom is -0.355 e. The number of carbonyl (C=O) groups excluding carboxylic acids is 1. The number of allylic oxidation sites excluding steroid dienone is 1. The van der Waals surface area contributed by atoms with Gasteiger partial charge in [0.25, 0.3) is 0 Å². The molecule has 5 heteroatoms. The topological polar surface area (TPSA) is 61.5 Å². The van der Waals surface area contributed by atoms with Gasteiger partial charge in [0, 0.05) is 22.3 Å². The first-order valence-corrected chi connectivity index (χ1v) is 7.19. The normalized spacial score (nSPS) is 16.5. The summed E-state index contributed by atoms with van der Waals surface area (Å²) in [6, 6.07) is 4.82. The molecule has 0 fully saturated rings. The fourth-order valence-electron chi connectivity index (χ4n) is 3.03. The van der Waals surface area contributed by atoms with E-state index in [-0.39, 0.29) is 11.6 Å². The standard InChI is InChI=1S/C17H14FN3O/c1-9-14(20-8-19-9)7-10-5-6-13-15(17(10)22)11-3-2-4-12(18)16(11)21-13/h2-4,7-8,21H,5-6H2,1H3,(H,19,20). The molecule has 0 aliphatic heterocycles. The van der Waals surface area contributed by atoms with E-state index in [1.54, 1.807) is 18.5 Å². The number of aromatic nitrogens is 3. The van der Waals surface area contributed by atoms with Crippen LogP contribution in [0.15, 0.2) is 30.1 Å². The Morgan fingerprint density at radius 3 is 2.95 bits per heavy atom. The Morgan fingerprint density at radius 1 is 1.32 bits per heavy atom. The van der Waals surface area contributed by atoms with Crippen LogP contribution in [-0.4, -0.2) is 20.7 Å². The van der Waals surface area contributed by atoms with Crippen LogP contribution in [0.25, 0.3) is 17.0 Å². The van der Waals surface area contributed by atoms with Crippen LogP contribution in [0, 0.1) is 12.7 Å². The molecular formula is C17H14FN3O. The summed E-state index contributed by atoms with van der Waals surface area (Å²) in [4.78, 5) is 23.1. The van der Waals surface area contributed by atoms with Gasteiger partial charge in [0.15, 0.2) is 5.78 Å². The van der Waals surface area contributed by atoms with Gasteiger partial charge in [0.05, 0.1) is 23.1 Å². The number of imidazole rings is 1. The largest absolute Gasteiger partial charge is 0.355 e. The van der Waals surface area contributed by atoms with Crippen molar-refractivity contribution in [1.82, 2.24) is 15.0 Å². The number of hydrogen-bond donors (Lipinski definition) is 2. The molecule has 3 aromatic rings. The molecule has 0 spiro atoms. The van der Waals surface area contributed by atoms with Crippen LogP contribution in [0.5, 0.6) is 0 Å². The number of nitrogens with zero attached hydrogens (tertiary/aromatic N) is 1. The van der Waals surface area contributed by atoms with Crippen LogP contribution >= 0.6 is 0 Å². The van der Waals surface area contributed by atoms with Crippen molar-refractivity contribution in [3.63, 3.8) is 0 Å². The minimum atomic E-state index is -0.326. The first-order valence-electron chi connectivity index (χ1n) is 7.19. The van der Waals surface area contributed by atoms with E-state index in [2.05, 4.69) is 15.0 Å². The summed E-state index contributed by atoms with van der Waals surface area (Å²) >= 11 is 0. The van der Waals surface area contributed by atoms with Crippen LogP contribution in [0.2, 0.25) is 0 Å². The van der Waals surface area contributed by atoms with Crippen LogP contribution in [-0.2, 0) is 6.42 Å². The quantitative estimate of drug-likeness (QED) is 0.674. The molecule has 4 nitrogen and oxygen atoms in total. The molecule has 4 rings (SSSR count). The van der Waals surface area contributed by atoms with Crippen molar-refractivity contribution >= 4 is 22.8 Å². The number of H-pyrrole nitrogens is 2. The van der Waals surface area contributed by atoms with Gasteiger partial charge in [0.2, 0.25) is 0 Å². The summed E-state index contributed by atoms with van der Waals surface area (Å²) in [6.07, 6.45) is 4.77. The predicted molar refractivity (Wildman–Crippen MR) is 82.2 cm³/mol. The number of halogens is 1. The van der Waals surface area contributed by atoms with Crippen molar-refractivity contribution in [2.45, 2.75) is 19.8 Å². The van der Waals surface area contributed by atoms with E-state index in [9.17, 15) is 9.18 Å². The molecule has 0 saturated carbocycles. The summed E-state index contributed by atoms with van der Waals surface area (Å²) in [6.45, 7) is 1.92. The van der Waals surface area contributed by atoms with Gasteiger partial charge >= 0.3 is 0 Å². The highest BCUT2D eigenvalue weighted by Gasteiger charge is 2.27. The number of para-hydroxylation sites is 1. The number of carbonyl (C=O) groups is 1. The van der Waals surface area contributed by atoms with Gasteiger partial charge in [-0.1, -0.05) is 12.1 Å². The molecule has 0 radical (unpaired) electrons. The number of fused-ring (bicyclic) bond motifs is 3. The zero-order chi connectivity index (χ0) is 15.3. The molecule has 0 amide bonds. The number of ketones is 1. The van der Waals surface area contributed by atoms with Gasteiger partial charge in [-0.15, -0.1) is 0 Å². The lowest BCUT2D eigenvalue weighted by Crippen LogP contribution is -2.13. The number of aromatic amines is 2. The van der Waals surface area contributed by atoms with E-state index in [1.165, 1.54) is 6.07 Å². The molecule has 2 heterocycles. The Hall–Kier alpha value is -2.69. The molecule has 0 bridgehead atoms. The maximum Gasteiger partial charge on any atom is 0.191 e. The van der Waals surface area contributed by atoms with E-state index >= 15 is 0 Å².